The molecular weight excluding hydrogens is 411 g/mol. The van der Waals surface area contributed by atoms with E-state index in [-0.39, 0.29) is 12.2 Å². The number of carboxylic acid groups (broad SMARTS) is 1. The Kier molecular flexibility index (Phi) is 4.84. The minimum Gasteiger partial charge on any atom is -0.480 e. The van der Waals surface area contributed by atoms with Crippen LogP contribution in [-0.2, 0) is 16.8 Å². The molecule has 0 saturated heterocycles. The van der Waals surface area contributed by atoms with Crippen LogP contribution in [0.1, 0.15) is 25.2 Å². The Morgan fingerprint density at radius 3 is 2.62 bits per heavy atom. The predicted molar refractivity (Wildman–Crippen MR) is 113 cm³/mol. The fraction of sp³-hybridized carbons (Fsp3) is 0.190. The maximum Gasteiger partial charge on any atom is 0.329 e. The lowest BCUT2D eigenvalue weighted by Crippen LogP contribution is -2.45. The summed E-state index contributed by atoms with van der Waals surface area (Å²) in [7, 11) is 0. The topological polar surface area (TPSA) is 72.2 Å². The molecule has 148 valence electrons. The van der Waals surface area contributed by atoms with Gasteiger partial charge in [0, 0.05) is 22.2 Å². The summed E-state index contributed by atoms with van der Waals surface area (Å²) in [5.74, 6) is -1.37. The first-order valence-corrected chi connectivity index (χ1v) is 10.6. The summed E-state index contributed by atoms with van der Waals surface area (Å²) in [6.45, 7) is 2.90. The van der Waals surface area contributed by atoms with Gasteiger partial charge in [-0.05, 0) is 36.9 Å². The van der Waals surface area contributed by atoms with Gasteiger partial charge in [-0.2, -0.15) is 0 Å². The fourth-order valence-corrected chi connectivity index (χ4v) is 5.02. The van der Waals surface area contributed by atoms with Crippen molar-refractivity contribution >= 4 is 38.9 Å². The maximum atomic E-state index is 14.2. The summed E-state index contributed by atoms with van der Waals surface area (Å²) < 4.78 is 15.4. The number of aromatic nitrogens is 2. The van der Waals surface area contributed by atoms with Crippen LogP contribution in [0.3, 0.4) is 0 Å². The predicted octanol–water partition coefficient (Wildman–Crippen LogP) is 4.74. The third kappa shape index (κ3) is 3.28. The molecule has 0 spiro atoms. The van der Waals surface area contributed by atoms with Gasteiger partial charge in [0.05, 0.1) is 5.39 Å². The Bertz CT molecular complexity index is 1270. The molecule has 8 heteroatoms. The van der Waals surface area contributed by atoms with Gasteiger partial charge < -0.3 is 5.11 Å². The third-order valence-electron chi connectivity index (χ3n) is 4.85. The highest BCUT2D eigenvalue weighted by Gasteiger charge is 2.34. The second kappa shape index (κ2) is 7.20. The zero-order valence-electron chi connectivity index (χ0n) is 15.7. The molecule has 0 aliphatic carbocycles. The molecule has 0 aliphatic rings. The van der Waals surface area contributed by atoms with Crippen LogP contribution in [0.4, 0.5) is 4.39 Å². The van der Waals surface area contributed by atoms with Gasteiger partial charge in [0.25, 0.3) is 5.56 Å². The molecule has 0 aliphatic heterocycles. The van der Waals surface area contributed by atoms with Crippen molar-refractivity contribution < 1.29 is 14.3 Å². The van der Waals surface area contributed by atoms with E-state index in [4.69, 9.17) is 0 Å². The van der Waals surface area contributed by atoms with Crippen molar-refractivity contribution in [2.45, 2.75) is 25.8 Å². The van der Waals surface area contributed by atoms with Crippen molar-refractivity contribution in [1.82, 2.24) is 9.55 Å². The van der Waals surface area contributed by atoms with Gasteiger partial charge in [-0.3, -0.25) is 9.36 Å². The molecule has 0 bridgehead atoms. The number of fused-ring (bicyclic) bond motifs is 1. The standard InChI is InChI=1S/C21H17FN2O3S2/c1-21(2,20(26)27)24-16(10-12-6-3-4-7-14(12)22)23-18-17(19(24)25)13(11-29-18)15-8-5-9-28-15/h3-9,11H,10H2,1-2H3,(H,26,27). The lowest BCUT2D eigenvalue weighted by atomic mass is 10.0. The highest BCUT2D eigenvalue weighted by Crippen LogP contribution is 2.34. The van der Waals surface area contributed by atoms with E-state index in [9.17, 15) is 19.1 Å². The van der Waals surface area contributed by atoms with Gasteiger partial charge in [-0.25, -0.2) is 14.2 Å². The SMILES string of the molecule is CC(C)(C(=O)O)n1c(Cc2ccccc2F)nc2scc(-c3cccs3)c2c1=O. The Morgan fingerprint density at radius 1 is 1.21 bits per heavy atom. The molecule has 29 heavy (non-hydrogen) atoms. The van der Waals surface area contributed by atoms with Crippen LogP contribution in [0, 0.1) is 5.82 Å². The molecule has 3 aromatic heterocycles. The summed E-state index contributed by atoms with van der Waals surface area (Å²) in [5, 5.41) is 13.9. The molecule has 0 amide bonds. The zero-order valence-corrected chi connectivity index (χ0v) is 17.3. The number of thiophene rings is 2. The quantitative estimate of drug-likeness (QED) is 0.499. The minimum atomic E-state index is -1.55. The number of rotatable bonds is 5. The highest BCUT2D eigenvalue weighted by molar-refractivity contribution is 7.18. The molecule has 4 aromatic rings. The molecule has 0 atom stereocenters. The van der Waals surface area contributed by atoms with Gasteiger partial charge >= 0.3 is 5.97 Å². The average molecular weight is 429 g/mol. The van der Waals surface area contributed by atoms with Crippen LogP contribution in [0.15, 0.2) is 52.0 Å². The van der Waals surface area contributed by atoms with E-state index in [1.807, 2.05) is 22.9 Å². The van der Waals surface area contributed by atoms with Gasteiger partial charge in [0.2, 0.25) is 0 Å². The van der Waals surface area contributed by atoms with E-state index >= 15 is 0 Å². The normalized spacial score (nSPS) is 11.8. The van der Waals surface area contributed by atoms with Crippen LogP contribution < -0.4 is 5.56 Å². The molecule has 4 rings (SSSR count). The minimum absolute atomic E-state index is 0.0147. The van der Waals surface area contributed by atoms with Crippen molar-refractivity contribution in [2.24, 2.45) is 0 Å². The largest absolute Gasteiger partial charge is 0.480 e. The van der Waals surface area contributed by atoms with Crippen molar-refractivity contribution in [1.29, 1.82) is 0 Å². The van der Waals surface area contributed by atoms with Crippen molar-refractivity contribution in [2.75, 3.05) is 0 Å². The van der Waals surface area contributed by atoms with E-state index in [0.717, 1.165) is 10.4 Å². The van der Waals surface area contributed by atoms with E-state index < -0.39 is 22.9 Å². The number of halogens is 1. The molecule has 1 N–H and O–H groups in total. The van der Waals surface area contributed by atoms with E-state index in [0.29, 0.717) is 15.8 Å². The maximum absolute atomic E-state index is 14.2. The third-order valence-corrected chi connectivity index (χ3v) is 6.63. The number of nitrogens with zero attached hydrogens (tertiary/aromatic N) is 2. The molecule has 0 fully saturated rings. The second-order valence-corrected chi connectivity index (χ2v) is 8.91. The fourth-order valence-electron chi connectivity index (χ4n) is 3.25. The van der Waals surface area contributed by atoms with E-state index in [2.05, 4.69) is 4.98 Å². The number of hydrogen-bond donors (Lipinski definition) is 1. The Morgan fingerprint density at radius 2 is 1.97 bits per heavy atom. The van der Waals surface area contributed by atoms with Gasteiger partial charge in [0.15, 0.2) is 0 Å². The number of aliphatic carboxylic acids is 1. The van der Waals surface area contributed by atoms with Gasteiger partial charge in [-0.15, -0.1) is 22.7 Å². The monoisotopic (exact) mass is 428 g/mol. The Hall–Kier alpha value is -2.84. The van der Waals surface area contributed by atoms with Crippen LogP contribution in [0.5, 0.6) is 0 Å². The van der Waals surface area contributed by atoms with Gasteiger partial charge in [0.1, 0.15) is 22.0 Å². The average Bonchev–Trinajstić information content (AvgIpc) is 3.32. The van der Waals surface area contributed by atoms with Crippen molar-refractivity contribution in [3.8, 4) is 10.4 Å². The summed E-state index contributed by atoms with van der Waals surface area (Å²) in [4.78, 5) is 31.5. The summed E-state index contributed by atoms with van der Waals surface area (Å²) >= 11 is 2.82. The Balaban J connectivity index is 2.02. The van der Waals surface area contributed by atoms with E-state index in [1.165, 1.54) is 47.2 Å². The van der Waals surface area contributed by atoms with Gasteiger partial charge in [-0.1, -0.05) is 24.3 Å². The highest BCUT2D eigenvalue weighted by atomic mass is 32.1. The summed E-state index contributed by atoms with van der Waals surface area (Å²) in [6, 6.07) is 10.0. The van der Waals surface area contributed by atoms with Crippen LogP contribution in [-0.4, -0.2) is 20.6 Å². The molecule has 1 aromatic carbocycles. The first kappa shape index (κ1) is 19.5. The lowest BCUT2D eigenvalue weighted by molar-refractivity contribution is -0.146. The molecular formula is C21H17FN2O3S2. The second-order valence-electron chi connectivity index (χ2n) is 7.11. The number of carbonyl (C=O) groups is 1. The molecule has 3 heterocycles. The van der Waals surface area contributed by atoms with Crippen LogP contribution in [0.25, 0.3) is 20.7 Å². The number of hydrogen-bond acceptors (Lipinski definition) is 5. The smallest absolute Gasteiger partial charge is 0.329 e. The molecule has 0 radical (unpaired) electrons. The molecule has 5 nitrogen and oxygen atoms in total. The van der Waals surface area contributed by atoms with Crippen LogP contribution >= 0.6 is 22.7 Å². The molecule has 0 unspecified atom stereocenters. The van der Waals surface area contributed by atoms with E-state index in [1.54, 1.807) is 18.2 Å². The summed E-state index contributed by atoms with van der Waals surface area (Å²) in [6.07, 6.45) is 0.0147. The summed E-state index contributed by atoms with van der Waals surface area (Å²) in [5.41, 5.74) is -0.889. The first-order valence-electron chi connectivity index (χ1n) is 8.85. The zero-order chi connectivity index (χ0) is 20.8. The molecule has 0 saturated carbocycles. The first-order chi connectivity index (χ1) is 13.8. The lowest BCUT2D eigenvalue weighted by Gasteiger charge is -2.25. The number of carboxylic acids is 1. The number of benzene rings is 1. The van der Waals surface area contributed by atoms with Crippen molar-refractivity contribution in [3.63, 3.8) is 0 Å². The van der Waals surface area contributed by atoms with Crippen LogP contribution in [0.2, 0.25) is 0 Å². The van der Waals surface area contributed by atoms with Crippen molar-refractivity contribution in [3.05, 3.63) is 74.7 Å². The Labute approximate surface area is 173 Å².